The van der Waals surface area contributed by atoms with E-state index in [2.05, 4.69) is 52.1 Å². The summed E-state index contributed by atoms with van der Waals surface area (Å²) < 4.78 is 0. The summed E-state index contributed by atoms with van der Waals surface area (Å²) in [5, 5.41) is 4.55. The first-order valence-corrected chi connectivity index (χ1v) is 9.24. The van der Waals surface area contributed by atoms with Gasteiger partial charge in [0, 0.05) is 37.8 Å². The standard InChI is InChI=1S/C19H26N4O/c1-21-9-3-4-14-12-15(5-6-17(14)21)18-20-24-19(22(18)2)13-23-10-7-16(19)8-11-23/h5-6,12,16H,3-4,7-11,13H2,1-2H3. The van der Waals surface area contributed by atoms with E-state index in [1.165, 1.54) is 49.2 Å². The van der Waals surface area contributed by atoms with E-state index in [4.69, 9.17) is 4.84 Å². The molecule has 3 fully saturated rings. The highest BCUT2D eigenvalue weighted by molar-refractivity contribution is 6.00. The maximum atomic E-state index is 6.12. The fourth-order valence-electron chi connectivity index (χ4n) is 5.07. The summed E-state index contributed by atoms with van der Waals surface area (Å²) in [5.74, 6) is 1.59. The summed E-state index contributed by atoms with van der Waals surface area (Å²) in [4.78, 5) is 13.3. The van der Waals surface area contributed by atoms with Crippen LogP contribution in [-0.2, 0) is 11.3 Å². The van der Waals surface area contributed by atoms with Crippen molar-refractivity contribution in [1.29, 1.82) is 0 Å². The lowest BCUT2D eigenvalue weighted by Crippen LogP contribution is -2.65. The molecule has 1 spiro atoms. The van der Waals surface area contributed by atoms with Crippen LogP contribution in [0.15, 0.2) is 23.4 Å². The Morgan fingerprint density at radius 2 is 2.00 bits per heavy atom. The van der Waals surface area contributed by atoms with Gasteiger partial charge in [0.2, 0.25) is 5.72 Å². The number of likely N-dealkylation sites (N-methyl/N-ethyl adjacent to an activating group) is 1. The molecule has 0 amide bonds. The molecule has 1 aromatic carbocycles. The van der Waals surface area contributed by atoms with Crippen LogP contribution in [0.1, 0.15) is 30.4 Å². The molecule has 0 aromatic heterocycles. The zero-order valence-electron chi connectivity index (χ0n) is 14.7. The van der Waals surface area contributed by atoms with E-state index in [9.17, 15) is 0 Å². The number of anilines is 1. The Morgan fingerprint density at radius 3 is 2.75 bits per heavy atom. The number of rotatable bonds is 1. The highest BCUT2D eigenvalue weighted by Gasteiger charge is 2.55. The first-order chi connectivity index (χ1) is 11.7. The van der Waals surface area contributed by atoms with Crippen LogP contribution in [0, 0.1) is 5.92 Å². The van der Waals surface area contributed by atoms with Crippen molar-refractivity contribution < 1.29 is 4.84 Å². The van der Waals surface area contributed by atoms with Crippen molar-refractivity contribution in [3.8, 4) is 0 Å². The molecule has 0 N–H and O–H groups in total. The molecule has 5 nitrogen and oxygen atoms in total. The van der Waals surface area contributed by atoms with Crippen LogP contribution in [-0.4, -0.2) is 61.6 Å². The number of piperidine rings is 3. The van der Waals surface area contributed by atoms with Crippen LogP contribution in [0.3, 0.4) is 0 Å². The van der Waals surface area contributed by atoms with Gasteiger partial charge in [-0.1, -0.05) is 5.16 Å². The van der Waals surface area contributed by atoms with Gasteiger partial charge >= 0.3 is 0 Å². The second-order valence-corrected chi connectivity index (χ2v) is 7.83. The quantitative estimate of drug-likeness (QED) is 0.791. The van der Waals surface area contributed by atoms with Gasteiger partial charge in [-0.15, -0.1) is 0 Å². The van der Waals surface area contributed by atoms with Crippen molar-refractivity contribution in [3.05, 3.63) is 29.3 Å². The van der Waals surface area contributed by atoms with Gasteiger partial charge in [-0.2, -0.15) is 0 Å². The van der Waals surface area contributed by atoms with E-state index in [1.54, 1.807) is 0 Å². The predicted molar refractivity (Wildman–Crippen MR) is 95.3 cm³/mol. The average molecular weight is 326 g/mol. The fraction of sp³-hybridized carbons (Fsp3) is 0.632. The average Bonchev–Trinajstić information content (AvgIpc) is 2.92. The van der Waals surface area contributed by atoms with Crippen molar-refractivity contribution in [3.63, 3.8) is 0 Å². The molecule has 1 aromatic rings. The van der Waals surface area contributed by atoms with Gasteiger partial charge in [-0.25, -0.2) is 0 Å². The molecule has 128 valence electrons. The Bertz CT molecular complexity index is 695. The molecule has 5 aliphatic rings. The molecule has 2 bridgehead atoms. The Morgan fingerprint density at radius 1 is 1.17 bits per heavy atom. The smallest absolute Gasteiger partial charge is 0.226 e. The molecule has 24 heavy (non-hydrogen) atoms. The van der Waals surface area contributed by atoms with E-state index in [0.717, 1.165) is 25.3 Å². The van der Waals surface area contributed by atoms with Gasteiger partial charge in [0.25, 0.3) is 0 Å². The number of aryl methyl sites for hydroxylation is 1. The SMILES string of the molecule is CN1CCCc2cc(C3=NOC4(CN5CCC4CC5)N3C)ccc21. The lowest BCUT2D eigenvalue weighted by molar-refractivity contribution is -0.190. The van der Waals surface area contributed by atoms with E-state index in [-0.39, 0.29) is 5.72 Å². The minimum atomic E-state index is -0.238. The molecule has 1 atom stereocenters. The van der Waals surface area contributed by atoms with Crippen molar-refractivity contribution in [1.82, 2.24) is 9.80 Å². The Kier molecular flexibility index (Phi) is 3.11. The van der Waals surface area contributed by atoms with E-state index < -0.39 is 0 Å². The van der Waals surface area contributed by atoms with Crippen LogP contribution < -0.4 is 4.90 Å². The topological polar surface area (TPSA) is 31.3 Å². The van der Waals surface area contributed by atoms with Crippen LogP contribution in [0.2, 0.25) is 0 Å². The Hall–Kier alpha value is -1.75. The Balaban J connectivity index is 1.46. The lowest BCUT2D eigenvalue weighted by atomic mass is 9.80. The molecular formula is C19H26N4O. The zero-order chi connectivity index (χ0) is 16.3. The molecule has 0 radical (unpaired) electrons. The summed E-state index contributed by atoms with van der Waals surface area (Å²) in [7, 11) is 4.35. The number of benzene rings is 1. The van der Waals surface area contributed by atoms with E-state index >= 15 is 0 Å². The predicted octanol–water partition coefficient (Wildman–Crippen LogP) is 2.11. The van der Waals surface area contributed by atoms with Crippen molar-refractivity contribution >= 4 is 11.5 Å². The first-order valence-electron chi connectivity index (χ1n) is 9.24. The number of amidine groups is 1. The third-order valence-electron chi connectivity index (χ3n) is 6.54. The van der Waals surface area contributed by atoms with Crippen LogP contribution >= 0.6 is 0 Å². The second kappa shape index (κ2) is 5.12. The molecule has 5 heterocycles. The number of nitrogens with zero attached hydrogens (tertiary/aromatic N) is 4. The van der Waals surface area contributed by atoms with Crippen LogP contribution in [0.5, 0.6) is 0 Å². The van der Waals surface area contributed by atoms with Gasteiger partial charge in [0.1, 0.15) is 0 Å². The number of hydrogen-bond acceptors (Lipinski definition) is 5. The lowest BCUT2D eigenvalue weighted by Gasteiger charge is -2.52. The molecular weight excluding hydrogens is 300 g/mol. The van der Waals surface area contributed by atoms with Gasteiger partial charge in [0.15, 0.2) is 5.84 Å². The number of hydrogen-bond donors (Lipinski definition) is 0. The minimum absolute atomic E-state index is 0.238. The summed E-state index contributed by atoms with van der Waals surface area (Å²) in [6.07, 6.45) is 4.84. The van der Waals surface area contributed by atoms with Gasteiger partial charge < -0.3 is 14.6 Å². The fourth-order valence-corrected chi connectivity index (χ4v) is 5.07. The van der Waals surface area contributed by atoms with Gasteiger partial charge in [-0.3, -0.25) is 4.90 Å². The van der Waals surface area contributed by atoms with Gasteiger partial charge in [0.05, 0.1) is 6.54 Å². The molecule has 5 aliphatic heterocycles. The summed E-state index contributed by atoms with van der Waals surface area (Å²) in [6.45, 7) is 4.56. The molecule has 3 saturated heterocycles. The zero-order valence-corrected chi connectivity index (χ0v) is 14.7. The molecule has 5 heteroatoms. The third-order valence-corrected chi connectivity index (χ3v) is 6.54. The number of fused-ring (bicyclic) bond motifs is 3. The van der Waals surface area contributed by atoms with E-state index in [0.29, 0.717) is 5.92 Å². The van der Waals surface area contributed by atoms with Crippen molar-refractivity contribution in [2.24, 2.45) is 11.1 Å². The maximum absolute atomic E-state index is 6.12. The third kappa shape index (κ3) is 1.94. The summed E-state index contributed by atoms with van der Waals surface area (Å²) in [5.41, 5.74) is 3.76. The van der Waals surface area contributed by atoms with Crippen molar-refractivity contribution in [2.45, 2.75) is 31.4 Å². The molecule has 6 rings (SSSR count). The molecule has 0 aliphatic carbocycles. The van der Waals surface area contributed by atoms with Crippen LogP contribution in [0.4, 0.5) is 5.69 Å². The maximum Gasteiger partial charge on any atom is 0.226 e. The minimum Gasteiger partial charge on any atom is -0.374 e. The van der Waals surface area contributed by atoms with Gasteiger partial charge in [-0.05, 0) is 62.5 Å². The number of oxime groups is 1. The highest BCUT2D eigenvalue weighted by atomic mass is 16.7. The summed E-state index contributed by atoms with van der Waals surface area (Å²) in [6, 6.07) is 6.78. The largest absolute Gasteiger partial charge is 0.374 e. The highest BCUT2D eigenvalue weighted by Crippen LogP contribution is 2.43. The monoisotopic (exact) mass is 326 g/mol. The van der Waals surface area contributed by atoms with E-state index in [1.807, 2.05) is 0 Å². The normalized spacial score (nSPS) is 34.3. The summed E-state index contributed by atoms with van der Waals surface area (Å²) >= 11 is 0. The molecule has 0 saturated carbocycles. The second-order valence-electron chi connectivity index (χ2n) is 7.83. The van der Waals surface area contributed by atoms with Crippen LogP contribution in [0.25, 0.3) is 0 Å². The first kappa shape index (κ1) is 14.6. The molecule has 1 unspecified atom stereocenters. The Labute approximate surface area is 143 Å². The van der Waals surface area contributed by atoms with Crippen molar-refractivity contribution in [2.75, 3.05) is 45.2 Å².